The summed E-state index contributed by atoms with van der Waals surface area (Å²) in [6.07, 6.45) is 0.278. The molecular weight excluding hydrogens is 320 g/mol. The van der Waals surface area contributed by atoms with E-state index in [1.165, 1.54) is 0 Å². The molecule has 6 heteroatoms. The molecule has 2 rings (SSSR count). The third-order valence-electron chi connectivity index (χ3n) is 3.95. The third kappa shape index (κ3) is 4.56. The molecule has 0 aliphatic carbocycles. The normalized spacial score (nSPS) is 10.2. The number of nitrogens with zero attached hydrogens (tertiary/aromatic N) is 1. The number of carbonyl (C=O) groups is 1. The SMILES string of the molecule is COc1cc(CC(=O)N(C)Cc2ccc(OC)c(OC)c2)ccc1N. The molecule has 0 unspecified atom stereocenters. The Kier molecular flexibility index (Phi) is 6.11. The van der Waals surface area contributed by atoms with Gasteiger partial charge in [0.15, 0.2) is 11.5 Å². The summed E-state index contributed by atoms with van der Waals surface area (Å²) < 4.78 is 15.7. The molecule has 25 heavy (non-hydrogen) atoms. The molecule has 1 amide bonds. The zero-order valence-electron chi connectivity index (χ0n) is 15.0. The van der Waals surface area contributed by atoms with Crippen molar-refractivity contribution < 1.29 is 19.0 Å². The van der Waals surface area contributed by atoms with Crippen molar-refractivity contribution in [1.29, 1.82) is 0 Å². The predicted molar refractivity (Wildman–Crippen MR) is 97.1 cm³/mol. The van der Waals surface area contributed by atoms with E-state index < -0.39 is 0 Å². The molecule has 0 aliphatic heterocycles. The summed E-state index contributed by atoms with van der Waals surface area (Å²) in [6.45, 7) is 0.477. The van der Waals surface area contributed by atoms with Crippen LogP contribution in [0.1, 0.15) is 11.1 Å². The number of rotatable bonds is 7. The molecule has 0 saturated heterocycles. The van der Waals surface area contributed by atoms with Gasteiger partial charge < -0.3 is 24.8 Å². The van der Waals surface area contributed by atoms with Crippen LogP contribution in [-0.2, 0) is 17.8 Å². The first-order valence-electron chi connectivity index (χ1n) is 7.85. The van der Waals surface area contributed by atoms with Gasteiger partial charge in [-0.2, -0.15) is 0 Å². The largest absolute Gasteiger partial charge is 0.495 e. The molecule has 0 saturated carbocycles. The lowest BCUT2D eigenvalue weighted by Crippen LogP contribution is -2.27. The highest BCUT2D eigenvalue weighted by Gasteiger charge is 2.13. The van der Waals surface area contributed by atoms with Crippen molar-refractivity contribution in [2.45, 2.75) is 13.0 Å². The van der Waals surface area contributed by atoms with Gasteiger partial charge in [0.1, 0.15) is 5.75 Å². The van der Waals surface area contributed by atoms with Gasteiger partial charge >= 0.3 is 0 Å². The van der Waals surface area contributed by atoms with Crippen molar-refractivity contribution in [3.63, 3.8) is 0 Å². The van der Waals surface area contributed by atoms with Crippen LogP contribution in [0.3, 0.4) is 0 Å². The highest BCUT2D eigenvalue weighted by atomic mass is 16.5. The summed E-state index contributed by atoms with van der Waals surface area (Å²) in [5.74, 6) is 1.88. The minimum Gasteiger partial charge on any atom is -0.495 e. The van der Waals surface area contributed by atoms with Crippen LogP contribution in [0, 0.1) is 0 Å². The maximum Gasteiger partial charge on any atom is 0.227 e. The van der Waals surface area contributed by atoms with Gasteiger partial charge in [-0.25, -0.2) is 0 Å². The van der Waals surface area contributed by atoms with E-state index in [-0.39, 0.29) is 12.3 Å². The fourth-order valence-corrected chi connectivity index (χ4v) is 2.52. The van der Waals surface area contributed by atoms with Crippen molar-refractivity contribution in [3.8, 4) is 17.2 Å². The maximum absolute atomic E-state index is 12.5. The molecule has 2 N–H and O–H groups in total. The van der Waals surface area contributed by atoms with Crippen molar-refractivity contribution in [2.75, 3.05) is 34.1 Å². The van der Waals surface area contributed by atoms with E-state index in [2.05, 4.69) is 0 Å². The fraction of sp³-hybridized carbons (Fsp3) is 0.316. The number of hydrogen-bond donors (Lipinski definition) is 1. The van der Waals surface area contributed by atoms with Crippen LogP contribution in [0.25, 0.3) is 0 Å². The first-order valence-corrected chi connectivity index (χ1v) is 7.85. The summed E-state index contributed by atoms with van der Waals surface area (Å²) in [5, 5.41) is 0. The molecule has 2 aromatic rings. The van der Waals surface area contributed by atoms with Crippen LogP contribution >= 0.6 is 0 Å². The highest BCUT2D eigenvalue weighted by molar-refractivity contribution is 5.79. The minimum atomic E-state index is 0.00149. The van der Waals surface area contributed by atoms with E-state index >= 15 is 0 Å². The minimum absolute atomic E-state index is 0.00149. The summed E-state index contributed by atoms with van der Waals surface area (Å²) >= 11 is 0. The van der Waals surface area contributed by atoms with E-state index in [4.69, 9.17) is 19.9 Å². The second-order valence-electron chi connectivity index (χ2n) is 5.69. The Morgan fingerprint density at radius 1 is 0.920 bits per heavy atom. The molecule has 134 valence electrons. The van der Waals surface area contributed by atoms with E-state index in [9.17, 15) is 4.79 Å². The van der Waals surface area contributed by atoms with Crippen molar-refractivity contribution >= 4 is 11.6 Å². The number of nitrogens with two attached hydrogens (primary N) is 1. The maximum atomic E-state index is 12.5. The second-order valence-corrected chi connectivity index (χ2v) is 5.69. The van der Waals surface area contributed by atoms with Crippen LogP contribution in [0.4, 0.5) is 5.69 Å². The molecular formula is C19H24N2O4. The molecule has 0 radical (unpaired) electrons. The van der Waals surface area contributed by atoms with Gasteiger partial charge in [-0.1, -0.05) is 12.1 Å². The Morgan fingerprint density at radius 2 is 1.52 bits per heavy atom. The number of methoxy groups -OCH3 is 3. The highest BCUT2D eigenvalue weighted by Crippen LogP contribution is 2.28. The predicted octanol–water partition coefficient (Wildman–Crippen LogP) is 2.50. The first-order chi connectivity index (χ1) is 12.0. The molecule has 0 aliphatic rings. The molecule has 0 bridgehead atoms. The molecule has 0 spiro atoms. The standard InChI is InChI=1S/C19H24N2O4/c1-21(12-14-6-8-16(23-2)18(10-14)25-4)19(22)11-13-5-7-15(20)17(9-13)24-3/h5-10H,11-12,20H2,1-4H3. The lowest BCUT2D eigenvalue weighted by atomic mass is 10.1. The second kappa shape index (κ2) is 8.28. The summed E-state index contributed by atoms with van der Waals surface area (Å²) in [6, 6.07) is 11.0. The third-order valence-corrected chi connectivity index (χ3v) is 3.95. The molecule has 2 aromatic carbocycles. The zero-order valence-corrected chi connectivity index (χ0v) is 15.0. The average molecular weight is 344 g/mol. The summed E-state index contributed by atoms with van der Waals surface area (Å²) in [7, 11) is 6.51. The van der Waals surface area contributed by atoms with Gasteiger partial charge in [0.05, 0.1) is 33.4 Å². The monoisotopic (exact) mass is 344 g/mol. The summed E-state index contributed by atoms with van der Waals surface area (Å²) in [5.41, 5.74) is 8.17. The molecule has 0 heterocycles. The Morgan fingerprint density at radius 3 is 2.16 bits per heavy atom. The average Bonchev–Trinajstić information content (AvgIpc) is 2.62. The Bertz CT molecular complexity index is 746. The van der Waals surface area contributed by atoms with Crippen LogP contribution in [0.15, 0.2) is 36.4 Å². The van der Waals surface area contributed by atoms with Crippen LogP contribution in [0.5, 0.6) is 17.2 Å². The van der Waals surface area contributed by atoms with Gasteiger partial charge in [-0.15, -0.1) is 0 Å². The first kappa shape index (κ1) is 18.4. The number of amides is 1. The Balaban J connectivity index is 2.05. The number of ether oxygens (including phenoxy) is 3. The molecule has 0 aromatic heterocycles. The van der Waals surface area contributed by atoms with E-state index in [1.54, 1.807) is 45.4 Å². The zero-order chi connectivity index (χ0) is 18.4. The van der Waals surface area contributed by atoms with Crippen LogP contribution in [-0.4, -0.2) is 39.2 Å². The van der Waals surface area contributed by atoms with Gasteiger partial charge in [0.2, 0.25) is 5.91 Å². The number of nitrogen functional groups attached to an aromatic ring is 1. The molecule has 6 nitrogen and oxygen atoms in total. The Labute approximate surface area is 148 Å². The van der Waals surface area contributed by atoms with Crippen LogP contribution < -0.4 is 19.9 Å². The smallest absolute Gasteiger partial charge is 0.227 e. The lowest BCUT2D eigenvalue weighted by Gasteiger charge is -2.18. The Hall–Kier alpha value is -2.89. The van der Waals surface area contributed by atoms with Crippen molar-refractivity contribution in [2.24, 2.45) is 0 Å². The van der Waals surface area contributed by atoms with Gasteiger partial charge in [-0.3, -0.25) is 4.79 Å². The van der Waals surface area contributed by atoms with Crippen molar-refractivity contribution in [1.82, 2.24) is 4.90 Å². The van der Waals surface area contributed by atoms with Crippen molar-refractivity contribution in [3.05, 3.63) is 47.5 Å². The topological polar surface area (TPSA) is 74.0 Å². The van der Waals surface area contributed by atoms with E-state index in [1.807, 2.05) is 24.3 Å². The molecule has 0 fully saturated rings. The lowest BCUT2D eigenvalue weighted by molar-refractivity contribution is -0.129. The number of benzene rings is 2. The number of carbonyl (C=O) groups excluding carboxylic acids is 1. The number of anilines is 1. The van der Waals surface area contributed by atoms with E-state index in [0.717, 1.165) is 11.1 Å². The number of likely N-dealkylation sites (N-methyl/N-ethyl adjacent to an activating group) is 1. The quantitative estimate of drug-likeness (QED) is 0.781. The van der Waals surface area contributed by atoms with E-state index in [0.29, 0.717) is 29.5 Å². The van der Waals surface area contributed by atoms with Crippen LogP contribution in [0.2, 0.25) is 0 Å². The number of hydrogen-bond acceptors (Lipinski definition) is 5. The van der Waals surface area contributed by atoms with Gasteiger partial charge in [0, 0.05) is 13.6 Å². The van der Waals surface area contributed by atoms with Gasteiger partial charge in [-0.05, 0) is 35.4 Å². The van der Waals surface area contributed by atoms with Gasteiger partial charge in [0.25, 0.3) is 0 Å². The fourth-order valence-electron chi connectivity index (χ4n) is 2.52. The molecule has 0 atom stereocenters. The summed E-state index contributed by atoms with van der Waals surface area (Å²) in [4.78, 5) is 14.1.